The molecule has 1 aromatic heterocycles. The first kappa shape index (κ1) is 11.7. The third-order valence-electron chi connectivity index (χ3n) is 3.52. The lowest BCUT2D eigenvalue weighted by Crippen LogP contribution is -2.22. The maximum Gasteiger partial charge on any atom is 0.156 e. The van der Waals surface area contributed by atoms with Gasteiger partial charge in [-0.25, -0.2) is 9.97 Å². The van der Waals surface area contributed by atoms with Crippen LogP contribution in [0, 0.1) is 11.8 Å². The lowest BCUT2D eigenvalue weighted by Gasteiger charge is -2.31. The summed E-state index contributed by atoms with van der Waals surface area (Å²) >= 11 is 1.80. The van der Waals surface area contributed by atoms with Crippen LogP contribution in [-0.2, 0) is 0 Å². The van der Waals surface area contributed by atoms with Crippen LogP contribution in [0.2, 0.25) is 0 Å². The molecule has 0 saturated heterocycles. The first-order chi connectivity index (χ1) is 7.66. The fraction of sp³-hybridized carbons (Fsp3) is 0.667. The van der Waals surface area contributed by atoms with Gasteiger partial charge in [0.2, 0.25) is 0 Å². The van der Waals surface area contributed by atoms with Crippen molar-refractivity contribution in [1.82, 2.24) is 9.97 Å². The van der Waals surface area contributed by atoms with Crippen molar-refractivity contribution >= 4 is 17.6 Å². The third kappa shape index (κ3) is 2.67. The van der Waals surface area contributed by atoms with Crippen molar-refractivity contribution in [1.29, 1.82) is 0 Å². The van der Waals surface area contributed by atoms with Crippen molar-refractivity contribution in [3.63, 3.8) is 0 Å². The average molecular weight is 237 g/mol. The minimum Gasteiger partial charge on any atom is -0.381 e. The molecule has 3 nitrogen and oxygen atoms in total. The molecule has 1 saturated carbocycles. The summed E-state index contributed by atoms with van der Waals surface area (Å²) in [6.45, 7) is 4.69. The van der Waals surface area contributed by atoms with Gasteiger partial charge >= 0.3 is 0 Å². The molecule has 16 heavy (non-hydrogen) atoms. The highest BCUT2D eigenvalue weighted by Gasteiger charge is 2.25. The van der Waals surface area contributed by atoms with Crippen LogP contribution in [-0.4, -0.2) is 15.2 Å². The Morgan fingerprint density at radius 3 is 2.62 bits per heavy atom. The van der Waals surface area contributed by atoms with Crippen LogP contribution in [0.3, 0.4) is 0 Å². The molecule has 2 N–H and O–H groups in total. The Morgan fingerprint density at radius 1 is 1.19 bits per heavy atom. The highest BCUT2D eigenvalue weighted by molar-refractivity contribution is 8.00. The molecule has 4 heteroatoms. The SMILES string of the molecule is CC1CCC(Sc2nccnc2N)CC1C. The predicted octanol–water partition coefficient (Wildman–Crippen LogP) is 2.98. The number of hydrogen-bond acceptors (Lipinski definition) is 4. The number of anilines is 1. The van der Waals surface area contributed by atoms with Crippen molar-refractivity contribution < 1.29 is 0 Å². The second-order valence-electron chi connectivity index (χ2n) is 4.75. The number of hydrogen-bond donors (Lipinski definition) is 1. The van der Waals surface area contributed by atoms with E-state index < -0.39 is 0 Å². The van der Waals surface area contributed by atoms with Gasteiger partial charge in [-0.15, -0.1) is 0 Å². The zero-order valence-corrected chi connectivity index (χ0v) is 10.7. The summed E-state index contributed by atoms with van der Waals surface area (Å²) in [5.74, 6) is 2.24. The normalized spacial score (nSPS) is 30.2. The topological polar surface area (TPSA) is 51.8 Å². The van der Waals surface area contributed by atoms with Crippen molar-refractivity contribution in [2.75, 3.05) is 5.73 Å². The van der Waals surface area contributed by atoms with Crippen LogP contribution < -0.4 is 5.73 Å². The first-order valence-corrected chi connectivity index (χ1v) is 6.78. The second-order valence-corrected chi connectivity index (χ2v) is 6.04. The Balaban J connectivity index is 1.98. The van der Waals surface area contributed by atoms with E-state index in [1.807, 2.05) is 0 Å². The Kier molecular flexibility index (Phi) is 3.69. The molecule has 0 aliphatic heterocycles. The quantitative estimate of drug-likeness (QED) is 0.859. The molecule has 1 fully saturated rings. The Labute approximate surface area is 101 Å². The largest absolute Gasteiger partial charge is 0.381 e. The molecular formula is C12H19N3S. The van der Waals surface area contributed by atoms with Crippen LogP contribution in [0.15, 0.2) is 17.4 Å². The summed E-state index contributed by atoms with van der Waals surface area (Å²) in [7, 11) is 0. The lowest BCUT2D eigenvalue weighted by molar-refractivity contribution is 0.283. The van der Waals surface area contributed by atoms with Gasteiger partial charge < -0.3 is 5.73 Å². The summed E-state index contributed by atoms with van der Waals surface area (Å²) in [4.78, 5) is 8.36. The van der Waals surface area contributed by atoms with E-state index in [9.17, 15) is 0 Å². The highest BCUT2D eigenvalue weighted by atomic mass is 32.2. The molecule has 1 aromatic rings. The average Bonchev–Trinajstić information content (AvgIpc) is 2.27. The number of rotatable bonds is 2. The van der Waals surface area contributed by atoms with Crippen LogP contribution in [0.1, 0.15) is 33.1 Å². The van der Waals surface area contributed by atoms with Gasteiger partial charge in [0.25, 0.3) is 0 Å². The fourth-order valence-corrected chi connectivity index (χ4v) is 3.45. The molecule has 3 atom stereocenters. The van der Waals surface area contributed by atoms with Gasteiger partial charge in [-0.2, -0.15) is 0 Å². The van der Waals surface area contributed by atoms with Gasteiger partial charge in [0.1, 0.15) is 5.03 Å². The lowest BCUT2D eigenvalue weighted by atomic mass is 9.81. The van der Waals surface area contributed by atoms with E-state index in [4.69, 9.17) is 5.73 Å². The van der Waals surface area contributed by atoms with E-state index in [-0.39, 0.29) is 0 Å². The van der Waals surface area contributed by atoms with Crippen molar-refractivity contribution in [3.8, 4) is 0 Å². The van der Waals surface area contributed by atoms with Crippen LogP contribution >= 0.6 is 11.8 Å². The van der Waals surface area contributed by atoms with Gasteiger partial charge in [-0.3, -0.25) is 0 Å². The third-order valence-corrected chi connectivity index (χ3v) is 4.82. The molecule has 0 amide bonds. The van der Waals surface area contributed by atoms with Crippen LogP contribution in [0.4, 0.5) is 5.82 Å². The van der Waals surface area contributed by atoms with E-state index in [1.54, 1.807) is 24.2 Å². The number of thioether (sulfide) groups is 1. The monoisotopic (exact) mass is 237 g/mol. The summed E-state index contributed by atoms with van der Waals surface area (Å²) in [6, 6.07) is 0. The molecule has 0 aromatic carbocycles. The summed E-state index contributed by atoms with van der Waals surface area (Å²) in [6.07, 6.45) is 7.21. The number of nitrogens with zero attached hydrogens (tertiary/aromatic N) is 2. The molecule has 0 bridgehead atoms. The van der Waals surface area contributed by atoms with E-state index in [0.29, 0.717) is 11.1 Å². The molecule has 1 aliphatic carbocycles. The van der Waals surface area contributed by atoms with Gasteiger partial charge in [0.15, 0.2) is 5.82 Å². The molecule has 0 radical (unpaired) electrons. The predicted molar refractivity (Wildman–Crippen MR) is 68.3 cm³/mol. The number of nitrogen functional groups attached to an aromatic ring is 1. The minimum atomic E-state index is 0.568. The van der Waals surface area contributed by atoms with Crippen LogP contribution in [0.5, 0.6) is 0 Å². The molecule has 88 valence electrons. The summed E-state index contributed by atoms with van der Waals surface area (Å²) in [5, 5.41) is 1.56. The van der Waals surface area contributed by atoms with Gasteiger partial charge in [-0.05, 0) is 31.1 Å². The van der Waals surface area contributed by atoms with Gasteiger partial charge in [-0.1, -0.05) is 25.6 Å². The highest BCUT2D eigenvalue weighted by Crippen LogP contribution is 2.38. The Bertz CT molecular complexity index is 356. The maximum absolute atomic E-state index is 5.81. The van der Waals surface area contributed by atoms with E-state index in [1.165, 1.54) is 19.3 Å². The van der Waals surface area contributed by atoms with Crippen molar-refractivity contribution in [2.45, 2.75) is 43.4 Å². The molecular weight excluding hydrogens is 218 g/mol. The molecule has 1 heterocycles. The van der Waals surface area contributed by atoms with Crippen molar-refractivity contribution in [2.24, 2.45) is 11.8 Å². The number of aromatic nitrogens is 2. The molecule has 2 rings (SSSR count). The zero-order chi connectivity index (χ0) is 11.5. The zero-order valence-electron chi connectivity index (χ0n) is 9.89. The Morgan fingerprint density at radius 2 is 1.94 bits per heavy atom. The Hall–Kier alpha value is -0.770. The van der Waals surface area contributed by atoms with E-state index >= 15 is 0 Å². The molecule has 3 unspecified atom stereocenters. The van der Waals surface area contributed by atoms with Crippen LogP contribution in [0.25, 0.3) is 0 Å². The summed E-state index contributed by atoms with van der Waals surface area (Å²) in [5.41, 5.74) is 5.81. The van der Waals surface area contributed by atoms with Gasteiger partial charge in [0.05, 0.1) is 0 Å². The summed E-state index contributed by atoms with van der Waals surface area (Å²) < 4.78 is 0. The minimum absolute atomic E-state index is 0.568. The second kappa shape index (κ2) is 5.04. The molecule has 1 aliphatic rings. The maximum atomic E-state index is 5.81. The van der Waals surface area contributed by atoms with E-state index in [2.05, 4.69) is 23.8 Å². The van der Waals surface area contributed by atoms with E-state index in [0.717, 1.165) is 16.9 Å². The standard InChI is InChI=1S/C12H19N3S/c1-8-3-4-10(7-9(8)2)16-12-11(13)14-5-6-15-12/h5-6,8-10H,3-4,7H2,1-2H3,(H2,13,14). The smallest absolute Gasteiger partial charge is 0.156 e. The molecule has 0 spiro atoms. The van der Waals surface area contributed by atoms with Crippen molar-refractivity contribution in [3.05, 3.63) is 12.4 Å². The fourth-order valence-electron chi connectivity index (χ4n) is 2.19. The van der Waals surface area contributed by atoms with Gasteiger partial charge in [0, 0.05) is 17.6 Å². The number of nitrogens with two attached hydrogens (primary N) is 1. The first-order valence-electron chi connectivity index (χ1n) is 5.90.